The molecule has 0 aliphatic rings. The van der Waals surface area contributed by atoms with Gasteiger partial charge in [-0.3, -0.25) is 4.79 Å². The number of carbonyl (C=O) groups excluding carboxylic acids is 1. The van der Waals surface area contributed by atoms with Gasteiger partial charge in [-0.25, -0.2) is 4.98 Å². The van der Waals surface area contributed by atoms with E-state index in [1.54, 1.807) is 0 Å². The molecule has 0 bridgehead atoms. The molecule has 140 valence electrons. The van der Waals surface area contributed by atoms with E-state index in [1.165, 1.54) is 0 Å². The van der Waals surface area contributed by atoms with Gasteiger partial charge in [0.1, 0.15) is 5.52 Å². The Labute approximate surface area is 168 Å². The number of unbranched alkanes of at least 4 members (excludes halogenated alkanes) is 1. The van der Waals surface area contributed by atoms with E-state index < -0.39 is 0 Å². The average molecular weight is 402 g/mol. The summed E-state index contributed by atoms with van der Waals surface area (Å²) >= 11 is 11.1. The number of nitrogens with one attached hydrogen (secondary N) is 2. The topological polar surface area (TPSA) is 67.2 Å². The Balaban J connectivity index is 1.65. The minimum absolute atomic E-state index is 0.0814. The lowest BCUT2D eigenvalue weighted by Gasteiger charge is -2.09. The van der Waals surface area contributed by atoms with Crippen molar-refractivity contribution in [3.05, 3.63) is 58.9 Å². The third-order valence-corrected chi connectivity index (χ3v) is 4.42. The number of oxazole rings is 1. The van der Waals surface area contributed by atoms with Crippen molar-refractivity contribution in [1.29, 1.82) is 0 Å². The maximum Gasteiger partial charge on any atom is 0.226 e. The molecule has 0 atom stereocenters. The van der Waals surface area contributed by atoms with Gasteiger partial charge in [0, 0.05) is 23.6 Å². The van der Waals surface area contributed by atoms with Crippen LogP contribution in [-0.4, -0.2) is 16.0 Å². The predicted octanol–water partition coefficient (Wildman–Crippen LogP) is 5.08. The number of fused-ring (bicyclic) bond motifs is 1. The number of rotatable bonds is 6. The number of aromatic nitrogens is 1. The first-order chi connectivity index (χ1) is 13.0. The van der Waals surface area contributed by atoms with Gasteiger partial charge >= 0.3 is 0 Å². The van der Waals surface area contributed by atoms with E-state index in [0.717, 1.165) is 29.6 Å². The lowest BCUT2D eigenvalue weighted by molar-refractivity contribution is -0.119. The van der Waals surface area contributed by atoms with Crippen LogP contribution in [0.2, 0.25) is 5.02 Å². The van der Waals surface area contributed by atoms with Crippen LogP contribution in [0.15, 0.2) is 46.9 Å². The minimum Gasteiger partial charge on any atom is -0.440 e. The molecule has 5 nitrogen and oxygen atoms in total. The third-order valence-electron chi connectivity index (χ3n) is 3.97. The summed E-state index contributed by atoms with van der Waals surface area (Å²) < 4.78 is 5.80. The summed E-state index contributed by atoms with van der Waals surface area (Å²) in [7, 11) is 0. The van der Waals surface area contributed by atoms with Gasteiger partial charge in [-0.05, 0) is 54.5 Å². The summed E-state index contributed by atoms with van der Waals surface area (Å²) in [5.41, 5.74) is 3.24. The molecule has 0 aliphatic carbocycles. The zero-order valence-electron chi connectivity index (χ0n) is 14.9. The maximum atomic E-state index is 11.7. The maximum absolute atomic E-state index is 11.7. The van der Waals surface area contributed by atoms with E-state index in [4.69, 9.17) is 28.2 Å². The van der Waals surface area contributed by atoms with Gasteiger partial charge in [-0.1, -0.05) is 37.1 Å². The van der Waals surface area contributed by atoms with Crippen LogP contribution < -0.4 is 10.6 Å². The van der Waals surface area contributed by atoms with Crippen molar-refractivity contribution in [2.75, 3.05) is 5.32 Å². The second-order valence-electron chi connectivity index (χ2n) is 6.20. The van der Waals surface area contributed by atoms with Crippen LogP contribution in [0.1, 0.15) is 37.6 Å². The number of halogens is 1. The number of benzene rings is 2. The number of thiocarbonyl (C=S) groups is 1. The molecule has 1 amide bonds. The van der Waals surface area contributed by atoms with Crippen molar-refractivity contribution in [3.8, 4) is 0 Å². The molecule has 1 heterocycles. The van der Waals surface area contributed by atoms with E-state index >= 15 is 0 Å². The molecule has 0 aliphatic heterocycles. The Morgan fingerprint density at radius 2 is 2.00 bits per heavy atom. The Morgan fingerprint density at radius 1 is 1.22 bits per heavy atom. The summed E-state index contributed by atoms with van der Waals surface area (Å²) in [6.07, 6.45) is 2.86. The van der Waals surface area contributed by atoms with Crippen LogP contribution in [0.5, 0.6) is 0 Å². The van der Waals surface area contributed by atoms with Crippen LogP contribution in [0.3, 0.4) is 0 Å². The van der Waals surface area contributed by atoms with E-state index in [2.05, 4.69) is 15.6 Å². The molecule has 0 saturated heterocycles. The molecule has 0 saturated carbocycles. The first kappa shape index (κ1) is 19.3. The van der Waals surface area contributed by atoms with Gasteiger partial charge in [0.25, 0.3) is 0 Å². The minimum atomic E-state index is -0.0814. The lowest BCUT2D eigenvalue weighted by atomic mass is 10.1. The van der Waals surface area contributed by atoms with Gasteiger partial charge in [0.2, 0.25) is 5.91 Å². The molecule has 2 N–H and O–H groups in total. The van der Waals surface area contributed by atoms with Crippen molar-refractivity contribution >= 4 is 51.6 Å². The molecule has 3 rings (SSSR count). The van der Waals surface area contributed by atoms with E-state index in [-0.39, 0.29) is 11.0 Å². The summed E-state index contributed by atoms with van der Waals surface area (Å²) in [4.78, 5) is 16.3. The van der Waals surface area contributed by atoms with Crippen molar-refractivity contribution < 1.29 is 9.21 Å². The molecule has 0 radical (unpaired) electrons. The van der Waals surface area contributed by atoms with E-state index in [9.17, 15) is 4.79 Å². The van der Waals surface area contributed by atoms with Gasteiger partial charge in [-0.15, -0.1) is 0 Å². The first-order valence-corrected chi connectivity index (χ1v) is 9.57. The fraction of sp³-hybridized carbons (Fsp3) is 0.250. The Bertz CT molecular complexity index is 954. The highest BCUT2D eigenvalue weighted by molar-refractivity contribution is 7.80. The second kappa shape index (κ2) is 8.97. The summed E-state index contributed by atoms with van der Waals surface area (Å²) in [6, 6.07) is 13.1. The summed E-state index contributed by atoms with van der Waals surface area (Å²) in [6.45, 7) is 2.04. The number of hydrogen-bond acceptors (Lipinski definition) is 4. The normalized spacial score (nSPS) is 10.7. The molecular weight excluding hydrogens is 382 g/mol. The van der Waals surface area contributed by atoms with Crippen molar-refractivity contribution in [2.45, 2.75) is 32.6 Å². The SMILES string of the molecule is CCCCC(=O)NC(=S)Nc1ccc2oc(Cc3ccc(Cl)cc3)nc2c1. The van der Waals surface area contributed by atoms with Crippen molar-refractivity contribution in [1.82, 2.24) is 10.3 Å². The Kier molecular flexibility index (Phi) is 6.42. The Hall–Kier alpha value is -2.44. The van der Waals surface area contributed by atoms with E-state index in [0.29, 0.717) is 29.3 Å². The fourth-order valence-corrected chi connectivity index (χ4v) is 2.95. The molecule has 3 aromatic rings. The molecular formula is C20H20ClN3O2S. The van der Waals surface area contributed by atoms with Gasteiger partial charge in [0.15, 0.2) is 16.6 Å². The Morgan fingerprint density at radius 3 is 2.74 bits per heavy atom. The largest absolute Gasteiger partial charge is 0.440 e. The van der Waals surface area contributed by atoms with Gasteiger partial charge in [-0.2, -0.15) is 0 Å². The lowest BCUT2D eigenvalue weighted by Crippen LogP contribution is -2.33. The van der Waals surface area contributed by atoms with Crippen LogP contribution in [-0.2, 0) is 11.2 Å². The van der Waals surface area contributed by atoms with E-state index in [1.807, 2.05) is 49.4 Å². The number of anilines is 1. The fourth-order valence-electron chi connectivity index (χ4n) is 2.59. The molecule has 27 heavy (non-hydrogen) atoms. The van der Waals surface area contributed by atoms with Crippen molar-refractivity contribution in [3.63, 3.8) is 0 Å². The second-order valence-corrected chi connectivity index (χ2v) is 7.04. The molecule has 1 aromatic heterocycles. The highest BCUT2D eigenvalue weighted by Crippen LogP contribution is 2.22. The number of hydrogen-bond donors (Lipinski definition) is 2. The standard InChI is InChI=1S/C20H20ClN3O2S/c1-2-3-4-18(25)24-20(27)22-15-9-10-17-16(12-15)23-19(26-17)11-13-5-7-14(21)8-6-13/h5-10,12H,2-4,11H2,1H3,(H2,22,24,25,27). The van der Waals surface area contributed by atoms with Crippen LogP contribution in [0.4, 0.5) is 5.69 Å². The molecule has 0 spiro atoms. The third kappa shape index (κ3) is 5.52. The van der Waals surface area contributed by atoms with Gasteiger partial charge in [0.05, 0.1) is 0 Å². The van der Waals surface area contributed by atoms with Crippen molar-refractivity contribution in [2.24, 2.45) is 0 Å². The molecule has 0 unspecified atom stereocenters. The summed E-state index contributed by atoms with van der Waals surface area (Å²) in [5.74, 6) is 0.544. The monoisotopic (exact) mass is 401 g/mol. The van der Waals surface area contributed by atoms with Crippen LogP contribution >= 0.6 is 23.8 Å². The number of carbonyl (C=O) groups is 1. The smallest absolute Gasteiger partial charge is 0.226 e. The number of nitrogens with zero attached hydrogens (tertiary/aromatic N) is 1. The van der Waals surface area contributed by atoms with Crippen LogP contribution in [0.25, 0.3) is 11.1 Å². The quantitative estimate of drug-likeness (QED) is 0.564. The zero-order chi connectivity index (χ0) is 19.2. The average Bonchev–Trinajstić information content (AvgIpc) is 3.03. The van der Waals surface area contributed by atoms with Crippen LogP contribution in [0, 0.1) is 0 Å². The number of amides is 1. The molecule has 7 heteroatoms. The highest BCUT2D eigenvalue weighted by Gasteiger charge is 2.09. The van der Waals surface area contributed by atoms with Gasteiger partial charge < -0.3 is 15.1 Å². The highest BCUT2D eigenvalue weighted by atomic mass is 35.5. The molecule has 0 fully saturated rings. The zero-order valence-corrected chi connectivity index (χ0v) is 16.5. The molecule has 2 aromatic carbocycles. The summed E-state index contributed by atoms with van der Waals surface area (Å²) in [5, 5.41) is 6.67. The predicted molar refractivity (Wildman–Crippen MR) is 112 cm³/mol. The first-order valence-electron chi connectivity index (χ1n) is 8.78.